The predicted molar refractivity (Wildman–Crippen MR) is 73.3 cm³/mol. The third-order valence-electron chi connectivity index (χ3n) is 3.45. The zero-order valence-corrected chi connectivity index (χ0v) is 11.3. The van der Waals surface area contributed by atoms with Gasteiger partial charge < -0.3 is 15.3 Å². The van der Waals surface area contributed by atoms with Gasteiger partial charge in [0.25, 0.3) is 0 Å². The normalized spacial score (nSPS) is 17.8. The molecule has 0 aromatic carbocycles. The number of nitrogens with one attached hydrogen (secondary N) is 1. The molecule has 0 amide bonds. The minimum Gasteiger partial charge on any atom is -0.393 e. The average molecular weight is 266 g/mol. The molecule has 1 saturated heterocycles. The Hall–Kier alpha value is -1.11. The number of anilines is 1. The van der Waals surface area contributed by atoms with Crippen LogP contribution in [0.3, 0.4) is 0 Å². The van der Waals surface area contributed by atoms with E-state index in [1.165, 1.54) is 5.69 Å². The van der Waals surface area contributed by atoms with Crippen molar-refractivity contribution >= 4 is 22.1 Å². The molecule has 98 valence electrons. The maximum atomic E-state index is 9.58. The van der Waals surface area contributed by atoms with Crippen molar-refractivity contribution in [3.8, 4) is 0 Å². The van der Waals surface area contributed by atoms with Crippen LogP contribution in [0.15, 0.2) is 11.6 Å². The molecule has 3 rings (SSSR count). The van der Waals surface area contributed by atoms with Gasteiger partial charge in [0.05, 0.1) is 11.8 Å². The third-order valence-corrected chi connectivity index (χ3v) is 4.20. The van der Waals surface area contributed by atoms with Crippen molar-refractivity contribution in [1.82, 2.24) is 14.7 Å². The lowest BCUT2D eigenvalue weighted by Gasteiger charge is -2.30. The topological polar surface area (TPSA) is 52.8 Å². The van der Waals surface area contributed by atoms with E-state index < -0.39 is 0 Å². The van der Waals surface area contributed by atoms with E-state index in [-0.39, 0.29) is 6.10 Å². The fourth-order valence-electron chi connectivity index (χ4n) is 2.48. The number of piperidine rings is 1. The third kappa shape index (κ3) is 2.00. The first kappa shape index (κ1) is 12.0. The van der Waals surface area contributed by atoms with Crippen LogP contribution in [0.25, 0.3) is 4.96 Å². The summed E-state index contributed by atoms with van der Waals surface area (Å²) in [5, 5.41) is 14.9. The molecule has 3 heterocycles. The van der Waals surface area contributed by atoms with Crippen LogP contribution < -0.4 is 10.2 Å². The van der Waals surface area contributed by atoms with Gasteiger partial charge in [0, 0.05) is 31.2 Å². The monoisotopic (exact) mass is 266 g/mol. The van der Waals surface area contributed by atoms with Crippen LogP contribution in [0.1, 0.15) is 18.5 Å². The van der Waals surface area contributed by atoms with Crippen molar-refractivity contribution in [2.45, 2.75) is 25.5 Å². The second-order valence-electron chi connectivity index (χ2n) is 4.69. The van der Waals surface area contributed by atoms with Gasteiger partial charge >= 0.3 is 0 Å². The highest BCUT2D eigenvalue weighted by Crippen LogP contribution is 2.27. The summed E-state index contributed by atoms with van der Waals surface area (Å²) < 4.78 is 2.15. The zero-order chi connectivity index (χ0) is 12.5. The Bertz CT molecular complexity index is 527. The summed E-state index contributed by atoms with van der Waals surface area (Å²) >= 11 is 1.66. The van der Waals surface area contributed by atoms with Crippen LogP contribution in [0.2, 0.25) is 0 Å². The molecule has 18 heavy (non-hydrogen) atoms. The van der Waals surface area contributed by atoms with Crippen molar-refractivity contribution in [3.05, 3.63) is 17.3 Å². The van der Waals surface area contributed by atoms with Crippen LogP contribution in [-0.4, -0.2) is 40.7 Å². The van der Waals surface area contributed by atoms with Crippen molar-refractivity contribution in [1.29, 1.82) is 0 Å². The van der Waals surface area contributed by atoms with Gasteiger partial charge in [0.15, 0.2) is 10.8 Å². The Balaban J connectivity index is 1.94. The Morgan fingerprint density at radius 1 is 1.50 bits per heavy atom. The molecule has 5 nitrogen and oxygen atoms in total. The molecule has 0 unspecified atom stereocenters. The lowest BCUT2D eigenvalue weighted by Crippen LogP contribution is -2.36. The molecular weight excluding hydrogens is 248 g/mol. The summed E-state index contributed by atoms with van der Waals surface area (Å²) in [6.45, 7) is 2.59. The molecule has 2 N–H and O–H groups in total. The molecule has 1 fully saturated rings. The number of hydrogen-bond donors (Lipinski definition) is 2. The number of nitrogens with zero attached hydrogens (tertiary/aromatic N) is 3. The number of aromatic nitrogens is 2. The molecule has 0 saturated carbocycles. The largest absolute Gasteiger partial charge is 0.393 e. The molecule has 0 radical (unpaired) electrons. The van der Waals surface area contributed by atoms with Gasteiger partial charge in [-0.05, 0) is 19.9 Å². The molecule has 0 spiro atoms. The first-order valence-electron chi connectivity index (χ1n) is 6.31. The summed E-state index contributed by atoms with van der Waals surface area (Å²) in [5.74, 6) is 1.07. The molecule has 1 aliphatic heterocycles. The van der Waals surface area contributed by atoms with Gasteiger partial charge in [-0.25, -0.2) is 4.98 Å². The summed E-state index contributed by atoms with van der Waals surface area (Å²) in [5.41, 5.74) is 1.21. The lowest BCUT2D eigenvalue weighted by molar-refractivity contribution is 0.145. The molecule has 2 aromatic heterocycles. The predicted octanol–water partition coefficient (Wildman–Crippen LogP) is 1.08. The fraction of sp³-hybridized carbons (Fsp3) is 0.583. The highest BCUT2D eigenvalue weighted by Gasteiger charge is 2.23. The first-order chi connectivity index (χ1) is 8.79. The van der Waals surface area contributed by atoms with E-state index in [9.17, 15) is 5.11 Å². The van der Waals surface area contributed by atoms with Crippen molar-refractivity contribution in [3.63, 3.8) is 0 Å². The van der Waals surface area contributed by atoms with E-state index in [2.05, 4.69) is 26.2 Å². The van der Waals surface area contributed by atoms with Crippen LogP contribution in [-0.2, 0) is 6.54 Å². The van der Waals surface area contributed by atoms with Gasteiger partial charge in [-0.2, -0.15) is 0 Å². The second kappa shape index (κ2) is 4.87. The summed E-state index contributed by atoms with van der Waals surface area (Å²) in [7, 11) is 1.95. The van der Waals surface area contributed by atoms with Gasteiger partial charge in [-0.3, -0.25) is 4.40 Å². The number of aliphatic hydroxyl groups is 1. The standard InChI is InChI=1S/C12H18N4OS/c1-13-8-10-11(14-12-16(10)6-7-18-12)15-4-2-9(17)3-5-15/h6-7,9,13,17H,2-5,8H2,1H3. The van der Waals surface area contributed by atoms with Crippen molar-refractivity contribution in [2.75, 3.05) is 25.0 Å². The number of fused-ring (bicyclic) bond motifs is 1. The Labute approximate surface area is 110 Å². The SMILES string of the molecule is CNCc1c(N2CCC(O)CC2)nc2sccn12. The number of hydrogen-bond acceptors (Lipinski definition) is 5. The Morgan fingerprint density at radius 3 is 3.00 bits per heavy atom. The summed E-state index contributed by atoms with van der Waals surface area (Å²) in [6, 6.07) is 0. The zero-order valence-electron chi connectivity index (χ0n) is 10.5. The van der Waals surface area contributed by atoms with E-state index in [1.54, 1.807) is 11.3 Å². The maximum absolute atomic E-state index is 9.58. The van der Waals surface area contributed by atoms with E-state index >= 15 is 0 Å². The van der Waals surface area contributed by atoms with Crippen LogP contribution in [0.5, 0.6) is 0 Å². The minimum absolute atomic E-state index is 0.141. The second-order valence-corrected chi connectivity index (χ2v) is 5.56. The molecule has 1 aliphatic rings. The Morgan fingerprint density at radius 2 is 2.28 bits per heavy atom. The summed E-state index contributed by atoms with van der Waals surface area (Å²) in [4.78, 5) is 8.06. The van der Waals surface area contributed by atoms with Gasteiger partial charge in [0.2, 0.25) is 0 Å². The van der Waals surface area contributed by atoms with Gasteiger partial charge in [-0.15, -0.1) is 11.3 Å². The molecule has 0 atom stereocenters. The molecule has 6 heteroatoms. The van der Waals surface area contributed by atoms with Gasteiger partial charge in [0.1, 0.15) is 0 Å². The van der Waals surface area contributed by atoms with E-state index in [4.69, 9.17) is 4.98 Å². The van der Waals surface area contributed by atoms with E-state index in [0.29, 0.717) is 0 Å². The van der Waals surface area contributed by atoms with Crippen molar-refractivity contribution in [2.24, 2.45) is 0 Å². The highest BCUT2D eigenvalue weighted by molar-refractivity contribution is 7.15. The minimum atomic E-state index is -0.141. The van der Waals surface area contributed by atoms with E-state index in [1.807, 2.05) is 7.05 Å². The number of rotatable bonds is 3. The van der Waals surface area contributed by atoms with Crippen LogP contribution >= 0.6 is 11.3 Å². The first-order valence-corrected chi connectivity index (χ1v) is 7.19. The lowest BCUT2D eigenvalue weighted by atomic mass is 10.1. The Kier molecular flexibility index (Phi) is 3.23. The molecule has 0 bridgehead atoms. The summed E-state index contributed by atoms with van der Waals surface area (Å²) in [6.07, 6.45) is 3.61. The number of thiazole rings is 1. The number of aliphatic hydroxyl groups excluding tert-OH is 1. The average Bonchev–Trinajstić information content (AvgIpc) is 2.93. The van der Waals surface area contributed by atoms with Crippen molar-refractivity contribution < 1.29 is 5.11 Å². The fourth-order valence-corrected chi connectivity index (χ4v) is 3.21. The van der Waals surface area contributed by atoms with E-state index in [0.717, 1.165) is 43.3 Å². The van der Waals surface area contributed by atoms with Crippen LogP contribution in [0.4, 0.5) is 5.82 Å². The van der Waals surface area contributed by atoms with Gasteiger partial charge in [-0.1, -0.05) is 0 Å². The highest BCUT2D eigenvalue weighted by atomic mass is 32.1. The molecular formula is C12H18N4OS. The number of imidazole rings is 1. The maximum Gasteiger partial charge on any atom is 0.195 e. The van der Waals surface area contributed by atoms with Crippen LogP contribution in [0, 0.1) is 0 Å². The smallest absolute Gasteiger partial charge is 0.195 e. The molecule has 2 aromatic rings. The quantitative estimate of drug-likeness (QED) is 0.873. The molecule has 0 aliphatic carbocycles.